The molecule has 1 fully saturated rings. The molecule has 7 heteroatoms. The second-order valence-corrected chi connectivity index (χ2v) is 6.33. The van der Waals surface area contributed by atoms with Gasteiger partial charge in [-0.3, -0.25) is 0 Å². The maximum Gasteiger partial charge on any atom is 0.481 e. The van der Waals surface area contributed by atoms with Crippen LogP contribution in [0.25, 0.3) is 0 Å². The van der Waals surface area contributed by atoms with Gasteiger partial charge in [0.15, 0.2) is 0 Å². The first kappa shape index (κ1) is 11.9. The van der Waals surface area contributed by atoms with Crippen LogP contribution >= 0.6 is 0 Å². The Balaban J connectivity index is 2.71. The van der Waals surface area contributed by atoms with Gasteiger partial charge in [-0.05, 0) is 6.42 Å². The SMILES string of the molecule is CS(=O)(=O)C1CCCC([B-](F)(F)F)C1. The minimum Gasteiger partial charge on any atom is -0.449 e. The molecule has 0 aromatic heterocycles. The van der Waals surface area contributed by atoms with Crippen LogP contribution in [0.5, 0.6) is 0 Å². The summed E-state index contributed by atoms with van der Waals surface area (Å²) in [7, 11) is -3.31. The van der Waals surface area contributed by atoms with Crippen LogP contribution in [0.15, 0.2) is 0 Å². The maximum atomic E-state index is 12.4. The van der Waals surface area contributed by atoms with E-state index in [9.17, 15) is 21.4 Å². The van der Waals surface area contributed by atoms with Crippen LogP contribution in [0, 0.1) is 0 Å². The first-order valence-corrected chi connectivity index (χ1v) is 6.55. The van der Waals surface area contributed by atoms with Crippen LogP contribution in [0.4, 0.5) is 12.9 Å². The third-order valence-corrected chi connectivity index (χ3v) is 4.45. The topological polar surface area (TPSA) is 34.1 Å². The lowest BCUT2D eigenvalue weighted by atomic mass is 9.65. The Bertz CT molecular complexity index is 299. The van der Waals surface area contributed by atoms with Gasteiger partial charge in [-0.15, -0.1) is 0 Å². The molecule has 2 atom stereocenters. The summed E-state index contributed by atoms with van der Waals surface area (Å²) in [5.41, 5.74) is 0. The fraction of sp³-hybridized carbons (Fsp3) is 1.00. The molecule has 1 rings (SSSR count). The Morgan fingerprint density at radius 3 is 2.21 bits per heavy atom. The Morgan fingerprint density at radius 2 is 1.79 bits per heavy atom. The largest absolute Gasteiger partial charge is 0.481 e. The predicted molar refractivity (Wildman–Crippen MR) is 49.9 cm³/mol. The van der Waals surface area contributed by atoms with Crippen molar-refractivity contribution in [1.82, 2.24) is 0 Å². The summed E-state index contributed by atoms with van der Waals surface area (Å²) in [6.45, 7) is -4.87. The van der Waals surface area contributed by atoms with Gasteiger partial charge in [0.2, 0.25) is 0 Å². The molecule has 0 aliphatic heterocycles. The summed E-state index contributed by atoms with van der Waals surface area (Å²) in [6.07, 6.45) is 1.62. The lowest BCUT2D eigenvalue weighted by Gasteiger charge is -2.34. The summed E-state index contributed by atoms with van der Waals surface area (Å²) in [4.78, 5) is 0. The van der Waals surface area contributed by atoms with Crippen molar-refractivity contribution < 1.29 is 21.4 Å². The van der Waals surface area contributed by atoms with Crippen LogP contribution in [-0.4, -0.2) is 26.9 Å². The Kier molecular flexibility index (Phi) is 3.18. The summed E-state index contributed by atoms with van der Waals surface area (Å²) in [5, 5.41) is -0.787. The second kappa shape index (κ2) is 3.75. The van der Waals surface area contributed by atoms with Crippen molar-refractivity contribution in [2.45, 2.75) is 36.8 Å². The van der Waals surface area contributed by atoms with Gasteiger partial charge in [0.1, 0.15) is 9.84 Å². The van der Waals surface area contributed by atoms with Gasteiger partial charge in [-0.2, -0.15) is 0 Å². The summed E-state index contributed by atoms with van der Waals surface area (Å²) >= 11 is 0. The van der Waals surface area contributed by atoms with E-state index in [0.29, 0.717) is 12.8 Å². The fourth-order valence-corrected chi connectivity index (χ4v) is 3.10. The van der Waals surface area contributed by atoms with Crippen molar-refractivity contribution in [3.8, 4) is 0 Å². The lowest BCUT2D eigenvalue weighted by molar-refractivity contribution is 0.374. The van der Waals surface area contributed by atoms with Gasteiger partial charge in [-0.1, -0.05) is 25.1 Å². The van der Waals surface area contributed by atoms with E-state index in [4.69, 9.17) is 0 Å². The van der Waals surface area contributed by atoms with E-state index < -0.39 is 27.9 Å². The predicted octanol–water partition coefficient (Wildman–Crippen LogP) is 2.19. The highest BCUT2D eigenvalue weighted by Gasteiger charge is 2.40. The van der Waals surface area contributed by atoms with Gasteiger partial charge in [0.25, 0.3) is 0 Å². The van der Waals surface area contributed by atoms with Gasteiger partial charge in [-0.25, -0.2) is 8.42 Å². The Morgan fingerprint density at radius 1 is 1.21 bits per heavy atom. The highest BCUT2D eigenvalue weighted by atomic mass is 32.2. The van der Waals surface area contributed by atoms with E-state index >= 15 is 0 Å². The summed E-state index contributed by atoms with van der Waals surface area (Å²) in [6, 6.07) is 0. The van der Waals surface area contributed by atoms with Crippen LogP contribution in [0.1, 0.15) is 25.7 Å². The third kappa shape index (κ3) is 2.90. The highest BCUT2D eigenvalue weighted by molar-refractivity contribution is 7.91. The zero-order valence-corrected chi connectivity index (χ0v) is 8.74. The van der Waals surface area contributed by atoms with Crippen LogP contribution in [-0.2, 0) is 9.84 Å². The van der Waals surface area contributed by atoms with Crippen LogP contribution in [0.3, 0.4) is 0 Å². The molecule has 0 spiro atoms. The van der Waals surface area contributed by atoms with Gasteiger partial charge < -0.3 is 12.9 Å². The zero-order chi connectivity index (χ0) is 11.0. The van der Waals surface area contributed by atoms with Crippen LogP contribution < -0.4 is 0 Å². The molecule has 0 amide bonds. The molecule has 0 N–H and O–H groups in total. The number of hydrogen-bond acceptors (Lipinski definition) is 2. The molecule has 0 radical (unpaired) electrons. The van der Waals surface area contributed by atoms with Gasteiger partial charge >= 0.3 is 6.98 Å². The second-order valence-electron chi connectivity index (χ2n) is 4.00. The van der Waals surface area contributed by atoms with Crippen molar-refractivity contribution >= 4 is 16.8 Å². The maximum absolute atomic E-state index is 12.4. The van der Waals surface area contributed by atoms with Crippen molar-refractivity contribution in [2.24, 2.45) is 0 Å². The standard InChI is InChI=1S/C7H13BF3O2S/c1-14(12,13)7-4-2-3-6(5-7)8(9,10)11/h6-7H,2-5H2,1H3/q-1. The van der Waals surface area contributed by atoms with Crippen molar-refractivity contribution in [3.05, 3.63) is 0 Å². The lowest BCUT2D eigenvalue weighted by Crippen LogP contribution is -2.34. The minimum atomic E-state index is -4.87. The molecule has 2 unspecified atom stereocenters. The minimum absolute atomic E-state index is 0.0928. The first-order chi connectivity index (χ1) is 6.21. The Labute approximate surface area is 81.9 Å². The Hall–Kier alpha value is -0.195. The molecule has 84 valence electrons. The monoisotopic (exact) mass is 229 g/mol. The van der Waals surface area contributed by atoms with E-state index in [0.717, 1.165) is 6.26 Å². The van der Waals surface area contributed by atoms with E-state index in [1.807, 2.05) is 0 Å². The van der Waals surface area contributed by atoms with E-state index in [-0.39, 0.29) is 12.8 Å². The van der Waals surface area contributed by atoms with Crippen molar-refractivity contribution in [3.63, 3.8) is 0 Å². The first-order valence-electron chi connectivity index (χ1n) is 4.60. The molecule has 0 heterocycles. The van der Waals surface area contributed by atoms with Gasteiger partial charge in [0.05, 0.1) is 5.25 Å². The highest BCUT2D eigenvalue weighted by Crippen LogP contribution is 2.41. The number of halogens is 3. The van der Waals surface area contributed by atoms with E-state index in [1.165, 1.54) is 0 Å². The molecule has 2 nitrogen and oxygen atoms in total. The van der Waals surface area contributed by atoms with Crippen LogP contribution in [0.2, 0.25) is 5.82 Å². The molecule has 0 aromatic rings. The molecular formula is C7H13BF3O2S-. The van der Waals surface area contributed by atoms with Crippen molar-refractivity contribution in [2.75, 3.05) is 6.26 Å². The molecule has 0 aromatic carbocycles. The van der Waals surface area contributed by atoms with E-state index in [1.54, 1.807) is 0 Å². The fourth-order valence-electron chi connectivity index (χ4n) is 1.91. The number of hydrogen-bond donors (Lipinski definition) is 0. The summed E-state index contributed by atoms with van der Waals surface area (Å²) < 4.78 is 59.3. The molecule has 1 aliphatic carbocycles. The van der Waals surface area contributed by atoms with Gasteiger partial charge in [0, 0.05) is 6.26 Å². The summed E-state index contributed by atoms with van der Waals surface area (Å²) in [5.74, 6) is -1.37. The molecule has 0 bridgehead atoms. The number of sulfone groups is 1. The normalized spacial score (nSPS) is 30.3. The molecule has 1 saturated carbocycles. The van der Waals surface area contributed by atoms with E-state index in [2.05, 4.69) is 0 Å². The zero-order valence-electron chi connectivity index (χ0n) is 7.92. The smallest absolute Gasteiger partial charge is 0.449 e. The van der Waals surface area contributed by atoms with Crippen molar-refractivity contribution in [1.29, 1.82) is 0 Å². The quantitative estimate of drug-likeness (QED) is 0.680. The molecule has 1 aliphatic rings. The average molecular weight is 229 g/mol. The third-order valence-electron chi connectivity index (χ3n) is 2.81. The molecule has 0 saturated heterocycles. The number of rotatable bonds is 2. The molecular weight excluding hydrogens is 216 g/mol. The molecule has 14 heavy (non-hydrogen) atoms. The average Bonchev–Trinajstić information content (AvgIpc) is 2.01.